The van der Waals surface area contributed by atoms with E-state index >= 15 is 0 Å². The molecule has 1 aromatic rings. The zero-order chi connectivity index (χ0) is 18.8. The van der Waals surface area contributed by atoms with Crippen LogP contribution in [0.4, 0.5) is 0 Å². The second-order valence-electron chi connectivity index (χ2n) is 6.88. The van der Waals surface area contributed by atoms with Crippen LogP contribution in [0.5, 0.6) is 5.75 Å². The molecule has 1 aliphatic rings. The Kier molecular flexibility index (Phi) is 8.08. The van der Waals surface area contributed by atoms with Gasteiger partial charge in [0.15, 0.2) is 6.29 Å². The van der Waals surface area contributed by atoms with Crippen molar-refractivity contribution >= 4 is 5.97 Å². The van der Waals surface area contributed by atoms with Crippen LogP contribution in [0, 0.1) is 16.7 Å². The van der Waals surface area contributed by atoms with Gasteiger partial charge in [-0.3, -0.25) is 0 Å². The van der Waals surface area contributed by atoms with Crippen molar-refractivity contribution in [2.24, 2.45) is 5.41 Å². The number of carbonyl (C=O) groups is 1. The van der Waals surface area contributed by atoms with Gasteiger partial charge in [0, 0.05) is 0 Å². The van der Waals surface area contributed by atoms with E-state index in [4.69, 9.17) is 14.2 Å². The summed E-state index contributed by atoms with van der Waals surface area (Å²) in [6.07, 6.45) is 7.03. The minimum absolute atomic E-state index is 0.00577. The van der Waals surface area contributed by atoms with Gasteiger partial charge in [0.1, 0.15) is 5.75 Å². The highest BCUT2D eigenvalue weighted by Crippen LogP contribution is 2.28. The van der Waals surface area contributed by atoms with Crippen molar-refractivity contribution in [1.29, 1.82) is 5.26 Å². The van der Waals surface area contributed by atoms with E-state index in [0.717, 1.165) is 32.1 Å². The molecule has 142 valence electrons. The van der Waals surface area contributed by atoms with E-state index in [1.165, 1.54) is 18.4 Å². The third kappa shape index (κ3) is 5.55. The molecule has 0 aromatic heterocycles. The fourth-order valence-electron chi connectivity index (χ4n) is 2.83. The second-order valence-corrected chi connectivity index (χ2v) is 6.88. The monoisotopic (exact) mass is 359 g/mol. The Balaban J connectivity index is 1.90. The molecule has 0 bridgehead atoms. The van der Waals surface area contributed by atoms with Crippen LogP contribution in [0.3, 0.4) is 0 Å². The molecule has 2 rings (SSSR count). The lowest BCUT2D eigenvalue weighted by Gasteiger charge is -2.33. The minimum Gasteiger partial charge on any atom is -0.425 e. The molecule has 1 saturated heterocycles. The van der Waals surface area contributed by atoms with E-state index in [-0.39, 0.29) is 19.5 Å². The molecule has 0 atom stereocenters. The Morgan fingerprint density at radius 1 is 1.15 bits per heavy atom. The van der Waals surface area contributed by atoms with Crippen LogP contribution in [0.1, 0.15) is 57.9 Å². The number of nitrogens with zero attached hydrogens (tertiary/aromatic N) is 1. The molecule has 0 radical (unpaired) electrons. The zero-order valence-electron chi connectivity index (χ0n) is 15.8. The summed E-state index contributed by atoms with van der Waals surface area (Å²) in [5, 5.41) is 9.51. The van der Waals surface area contributed by atoms with Gasteiger partial charge < -0.3 is 14.2 Å². The van der Waals surface area contributed by atoms with E-state index in [1.54, 1.807) is 12.1 Å². The van der Waals surface area contributed by atoms with Gasteiger partial charge in [0.2, 0.25) is 5.41 Å². The van der Waals surface area contributed by atoms with Crippen molar-refractivity contribution in [3.63, 3.8) is 0 Å². The maximum Gasteiger partial charge on any atom is 0.336 e. The fraction of sp³-hybridized carbons (Fsp3) is 0.619. The normalized spacial score (nSPS) is 22.6. The molecule has 1 heterocycles. The SMILES string of the molecule is CCCCCc1ccc(OC(=O)C2(C#N)COC(CCCC)OC2)cc1. The average Bonchev–Trinajstić information content (AvgIpc) is 2.68. The van der Waals surface area contributed by atoms with Gasteiger partial charge in [0.25, 0.3) is 0 Å². The molecule has 5 heteroatoms. The van der Waals surface area contributed by atoms with Gasteiger partial charge in [-0.2, -0.15) is 5.26 Å². The zero-order valence-corrected chi connectivity index (χ0v) is 15.8. The molecule has 0 saturated carbocycles. The first-order chi connectivity index (χ1) is 12.6. The number of unbranched alkanes of at least 4 members (excludes halogenated alkanes) is 3. The summed E-state index contributed by atoms with van der Waals surface area (Å²) in [5.41, 5.74) is -0.181. The summed E-state index contributed by atoms with van der Waals surface area (Å²) in [4.78, 5) is 12.5. The first-order valence-electron chi connectivity index (χ1n) is 9.59. The lowest BCUT2D eigenvalue weighted by molar-refractivity contribution is -0.223. The van der Waals surface area contributed by atoms with Crippen molar-refractivity contribution in [2.75, 3.05) is 13.2 Å². The molecule has 0 N–H and O–H groups in total. The summed E-state index contributed by atoms with van der Waals surface area (Å²) in [6.45, 7) is 4.28. The number of benzene rings is 1. The molecule has 0 spiro atoms. The van der Waals surface area contributed by atoms with E-state index in [2.05, 4.69) is 13.8 Å². The summed E-state index contributed by atoms with van der Waals surface area (Å²) >= 11 is 0. The van der Waals surface area contributed by atoms with Gasteiger partial charge in [-0.1, -0.05) is 45.2 Å². The largest absolute Gasteiger partial charge is 0.425 e. The predicted octanol–water partition coefficient (Wildman–Crippen LogP) is 4.40. The van der Waals surface area contributed by atoms with Crippen LogP contribution < -0.4 is 4.74 Å². The Bertz CT molecular complexity index is 597. The summed E-state index contributed by atoms with van der Waals surface area (Å²) in [5.74, 6) is -0.176. The second kappa shape index (κ2) is 10.3. The third-order valence-electron chi connectivity index (χ3n) is 4.63. The molecular formula is C21H29NO4. The van der Waals surface area contributed by atoms with Crippen molar-refractivity contribution in [3.05, 3.63) is 29.8 Å². The molecule has 0 amide bonds. The molecule has 1 fully saturated rings. The number of nitriles is 1. The Hall–Kier alpha value is -1.90. The van der Waals surface area contributed by atoms with Crippen LogP contribution >= 0.6 is 0 Å². The van der Waals surface area contributed by atoms with E-state index in [0.29, 0.717) is 5.75 Å². The quantitative estimate of drug-likeness (QED) is 0.371. The molecule has 0 unspecified atom stereocenters. The molecule has 1 aliphatic heterocycles. The number of ether oxygens (including phenoxy) is 3. The summed E-state index contributed by atoms with van der Waals surface area (Å²) < 4.78 is 16.6. The Labute approximate surface area is 156 Å². The average molecular weight is 359 g/mol. The third-order valence-corrected chi connectivity index (χ3v) is 4.63. The fourth-order valence-corrected chi connectivity index (χ4v) is 2.83. The maximum absolute atomic E-state index is 12.5. The molecule has 5 nitrogen and oxygen atoms in total. The molecule has 1 aromatic carbocycles. The Morgan fingerprint density at radius 3 is 2.38 bits per heavy atom. The van der Waals surface area contributed by atoms with Gasteiger partial charge in [-0.15, -0.1) is 0 Å². The summed E-state index contributed by atoms with van der Waals surface area (Å²) in [7, 11) is 0. The number of hydrogen-bond acceptors (Lipinski definition) is 5. The van der Waals surface area contributed by atoms with Crippen molar-refractivity contribution in [1.82, 2.24) is 0 Å². The van der Waals surface area contributed by atoms with Gasteiger partial charge in [0.05, 0.1) is 19.3 Å². The Morgan fingerprint density at radius 2 is 1.81 bits per heavy atom. The highest BCUT2D eigenvalue weighted by atomic mass is 16.7. The first-order valence-corrected chi connectivity index (χ1v) is 9.59. The smallest absolute Gasteiger partial charge is 0.336 e. The number of esters is 1. The summed E-state index contributed by atoms with van der Waals surface area (Å²) in [6, 6.07) is 9.52. The van der Waals surface area contributed by atoms with E-state index in [1.807, 2.05) is 18.2 Å². The number of carbonyl (C=O) groups excluding carboxylic acids is 1. The topological polar surface area (TPSA) is 68.6 Å². The van der Waals surface area contributed by atoms with Crippen molar-refractivity contribution in [2.45, 2.75) is 65.1 Å². The highest BCUT2D eigenvalue weighted by Gasteiger charge is 2.46. The standard InChI is InChI=1S/C21H29NO4/c1-3-5-7-8-17-10-12-18(13-11-17)26-20(23)21(14-22)15-24-19(25-16-21)9-6-4-2/h10-13,19H,3-9,15-16H2,1-2H3. The van der Waals surface area contributed by atoms with E-state index < -0.39 is 11.4 Å². The highest BCUT2D eigenvalue weighted by molar-refractivity contribution is 5.82. The van der Waals surface area contributed by atoms with E-state index in [9.17, 15) is 10.1 Å². The van der Waals surface area contributed by atoms with Crippen LogP contribution in [-0.2, 0) is 20.7 Å². The number of hydrogen-bond donors (Lipinski definition) is 0. The van der Waals surface area contributed by atoms with Gasteiger partial charge in [-0.05, 0) is 43.4 Å². The van der Waals surface area contributed by atoms with Crippen molar-refractivity contribution < 1.29 is 19.0 Å². The molecular weight excluding hydrogens is 330 g/mol. The number of rotatable bonds is 9. The lowest BCUT2D eigenvalue weighted by atomic mass is 9.91. The molecule has 0 aliphatic carbocycles. The van der Waals surface area contributed by atoms with Crippen LogP contribution in [0.25, 0.3) is 0 Å². The predicted molar refractivity (Wildman–Crippen MR) is 98.6 cm³/mol. The number of aryl methyl sites for hydroxylation is 1. The maximum atomic E-state index is 12.5. The van der Waals surface area contributed by atoms with Gasteiger partial charge in [-0.25, -0.2) is 4.79 Å². The van der Waals surface area contributed by atoms with Crippen LogP contribution in [-0.4, -0.2) is 25.5 Å². The minimum atomic E-state index is -1.40. The van der Waals surface area contributed by atoms with Crippen LogP contribution in [0.15, 0.2) is 24.3 Å². The van der Waals surface area contributed by atoms with Gasteiger partial charge >= 0.3 is 5.97 Å². The lowest BCUT2D eigenvalue weighted by Crippen LogP contribution is -2.48. The molecule has 26 heavy (non-hydrogen) atoms. The van der Waals surface area contributed by atoms with Crippen molar-refractivity contribution in [3.8, 4) is 11.8 Å². The van der Waals surface area contributed by atoms with Crippen LogP contribution in [0.2, 0.25) is 0 Å². The first kappa shape index (κ1) is 20.4.